The van der Waals surface area contributed by atoms with Crippen molar-refractivity contribution >= 4 is 39.4 Å². The highest BCUT2D eigenvalue weighted by Crippen LogP contribution is 2.34. The minimum Gasteiger partial charge on any atom is -0.497 e. The summed E-state index contributed by atoms with van der Waals surface area (Å²) in [5.41, 5.74) is 7.38. The van der Waals surface area contributed by atoms with E-state index < -0.39 is 6.04 Å². The number of hydrogen-bond donors (Lipinski definition) is 1. The van der Waals surface area contributed by atoms with Gasteiger partial charge in [0.25, 0.3) is 5.91 Å². The van der Waals surface area contributed by atoms with Crippen LogP contribution in [0.4, 0.5) is 0 Å². The van der Waals surface area contributed by atoms with E-state index in [1.165, 1.54) is 4.68 Å². The summed E-state index contributed by atoms with van der Waals surface area (Å²) < 4.78 is 6.44. The van der Waals surface area contributed by atoms with Crippen molar-refractivity contribution in [1.82, 2.24) is 14.8 Å². The molecule has 3 rings (SSSR count). The Morgan fingerprint density at radius 1 is 1.45 bits per heavy atom. The lowest BCUT2D eigenvalue weighted by Gasteiger charge is -2.07. The van der Waals surface area contributed by atoms with Crippen LogP contribution in [0.1, 0.15) is 17.4 Å². The van der Waals surface area contributed by atoms with E-state index in [9.17, 15) is 4.79 Å². The highest BCUT2D eigenvalue weighted by Gasteiger charge is 2.21. The molecule has 0 saturated carbocycles. The molecule has 3 aromatic rings. The Morgan fingerprint density at radius 3 is 2.82 bits per heavy atom. The van der Waals surface area contributed by atoms with Crippen molar-refractivity contribution in [2.75, 3.05) is 7.11 Å². The molecule has 22 heavy (non-hydrogen) atoms. The predicted octanol–water partition coefficient (Wildman–Crippen LogP) is 2.54. The van der Waals surface area contributed by atoms with Crippen molar-refractivity contribution in [3.63, 3.8) is 0 Å². The van der Waals surface area contributed by atoms with E-state index in [0.29, 0.717) is 33.0 Å². The number of rotatable bonds is 2. The second-order valence-corrected chi connectivity index (χ2v) is 5.51. The van der Waals surface area contributed by atoms with Gasteiger partial charge in [0.05, 0.1) is 34.8 Å². The van der Waals surface area contributed by atoms with Crippen LogP contribution in [0.25, 0.3) is 21.9 Å². The van der Waals surface area contributed by atoms with Crippen molar-refractivity contribution in [1.29, 1.82) is 0 Å². The van der Waals surface area contributed by atoms with Crippen molar-refractivity contribution < 1.29 is 9.53 Å². The van der Waals surface area contributed by atoms with E-state index in [-0.39, 0.29) is 5.91 Å². The van der Waals surface area contributed by atoms with Crippen LogP contribution in [0.2, 0.25) is 5.02 Å². The van der Waals surface area contributed by atoms with Crippen molar-refractivity contribution in [3.05, 3.63) is 28.9 Å². The number of nitrogens with zero attached hydrogens (tertiary/aromatic N) is 3. The summed E-state index contributed by atoms with van der Waals surface area (Å²) in [7, 11) is 1.59. The van der Waals surface area contributed by atoms with Gasteiger partial charge in [-0.3, -0.25) is 4.79 Å². The standard InChI is InChI=1S/C15H15ClN4O2/c1-7(17)15(21)20-14-12(8(2)19-20)13(16)10-6-9(22-3)4-5-11(10)18-14/h4-7H,17H2,1-3H3/t7-/m1/s1. The molecule has 0 aliphatic heterocycles. The zero-order valence-corrected chi connectivity index (χ0v) is 13.2. The van der Waals surface area contributed by atoms with Gasteiger partial charge in [0.1, 0.15) is 5.75 Å². The number of aromatic nitrogens is 3. The third-order valence-corrected chi connectivity index (χ3v) is 3.91. The van der Waals surface area contributed by atoms with Gasteiger partial charge in [0, 0.05) is 5.39 Å². The quantitative estimate of drug-likeness (QED) is 0.785. The van der Waals surface area contributed by atoms with Gasteiger partial charge in [-0.15, -0.1) is 0 Å². The first-order chi connectivity index (χ1) is 10.4. The number of nitrogens with two attached hydrogens (primary N) is 1. The molecule has 0 aliphatic rings. The number of methoxy groups -OCH3 is 1. The molecule has 0 bridgehead atoms. The Hall–Kier alpha value is -2.18. The lowest BCUT2D eigenvalue weighted by Crippen LogP contribution is -2.32. The Kier molecular flexibility index (Phi) is 3.50. The first kappa shape index (κ1) is 14.7. The predicted molar refractivity (Wildman–Crippen MR) is 85.6 cm³/mol. The van der Waals surface area contributed by atoms with Crippen molar-refractivity contribution in [2.45, 2.75) is 19.9 Å². The number of halogens is 1. The van der Waals surface area contributed by atoms with Crippen LogP contribution in [0.15, 0.2) is 18.2 Å². The molecule has 0 amide bonds. The molecule has 7 heteroatoms. The van der Waals surface area contributed by atoms with Crippen molar-refractivity contribution in [3.8, 4) is 5.75 Å². The molecule has 1 atom stereocenters. The average molecular weight is 319 g/mol. The SMILES string of the molecule is COc1ccc2nc3c(c(C)nn3C(=O)[C@@H](C)N)c(Cl)c2c1. The van der Waals surface area contributed by atoms with E-state index in [2.05, 4.69) is 10.1 Å². The summed E-state index contributed by atoms with van der Waals surface area (Å²) in [6.45, 7) is 3.39. The van der Waals surface area contributed by atoms with Gasteiger partial charge >= 0.3 is 0 Å². The van der Waals surface area contributed by atoms with Gasteiger partial charge in [-0.2, -0.15) is 9.78 Å². The van der Waals surface area contributed by atoms with Crippen LogP contribution in [-0.4, -0.2) is 33.8 Å². The molecule has 0 saturated heterocycles. The number of aryl methyl sites for hydroxylation is 1. The second kappa shape index (κ2) is 5.23. The zero-order valence-electron chi connectivity index (χ0n) is 12.4. The molecule has 1 aromatic carbocycles. The lowest BCUT2D eigenvalue weighted by molar-refractivity contribution is 0.0875. The third kappa shape index (κ3) is 2.12. The van der Waals surface area contributed by atoms with E-state index in [1.54, 1.807) is 33.1 Å². The normalized spacial score (nSPS) is 12.8. The van der Waals surface area contributed by atoms with E-state index in [0.717, 1.165) is 5.39 Å². The summed E-state index contributed by atoms with van der Waals surface area (Å²) in [6, 6.07) is 4.73. The number of carbonyl (C=O) groups is 1. The highest BCUT2D eigenvalue weighted by molar-refractivity contribution is 6.40. The smallest absolute Gasteiger partial charge is 0.265 e. The Labute approximate surface area is 131 Å². The Bertz CT molecular complexity index is 902. The lowest BCUT2D eigenvalue weighted by atomic mass is 10.1. The van der Waals surface area contributed by atoms with Crippen LogP contribution in [0, 0.1) is 6.92 Å². The fourth-order valence-corrected chi connectivity index (χ4v) is 2.76. The van der Waals surface area contributed by atoms with Crippen LogP contribution in [0.3, 0.4) is 0 Å². The molecular formula is C15H15ClN4O2. The average Bonchev–Trinajstić information content (AvgIpc) is 2.83. The molecule has 2 heterocycles. The minimum atomic E-state index is -0.672. The highest BCUT2D eigenvalue weighted by atomic mass is 35.5. The Balaban J connectivity index is 2.39. The third-order valence-electron chi connectivity index (χ3n) is 3.52. The van der Waals surface area contributed by atoms with Crippen LogP contribution < -0.4 is 10.5 Å². The second-order valence-electron chi connectivity index (χ2n) is 5.13. The summed E-state index contributed by atoms with van der Waals surface area (Å²) in [5, 5.41) is 6.15. The number of carbonyl (C=O) groups excluding carboxylic acids is 1. The molecule has 114 valence electrons. The minimum absolute atomic E-state index is 0.325. The molecule has 6 nitrogen and oxygen atoms in total. The summed E-state index contributed by atoms with van der Waals surface area (Å²) in [6.07, 6.45) is 0. The van der Waals surface area contributed by atoms with Gasteiger partial charge in [-0.25, -0.2) is 4.98 Å². The van der Waals surface area contributed by atoms with E-state index in [4.69, 9.17) is 22.1 Å². The van der Waals surface area contributed by atoms with Gasteiger partial charge < -0.3 is 10.5 Å². The largest absolute Gasteiger partial charge is 0.497 e. The van der Waals surface area contributed by atoms with Gasteiger partial charge in [0.2, 0.25) is 0 Å². The maximum absolute atomic E-state index is 12.2. The summed E-state index contributed by atoms with van der Waals surface area (Å²) in [5.74, 6) is 0.363. The molecule has 0 spiro atoms. The number of ether oxygens (including phenoxy) is 1. The van der Waals surface area contributed by atoms with Gasteiger partial charge in [0.15, 0.2) is 5.65 Å². The molecule has 2 N–H and O–H groups in total. The number of hydrogen-bond acceptors (Lipinski definition) is 5. The van der Waals surface area contributed by atoms with E-state index in [1.807, 2.05) is 6.07 Å². The topological polar surface area (TPSA) is 83.0 Å². The van der Waals surface area contributed by atoms with Crippen LogP contribution in [-0.2, 0) is 0 Å². The summed E-state index contributed by atoms with van der Waals surface area (Å²) in [4.78, 5) is 16.7. The number of pyridine rings is 1. The van der Waals surface area contributed by atoms with Gasteiger partial charge in [-0.1, -0.05) is 11.6 Å². The fraction of sp³-hybridized carbons (Fsp3) is 0.267. The molecule has 0 unspecified atom stereocenters. The number of fused-ring (bicyclic) bond motifs is 2. The maximum Gasteiger partial charge on any atom is 0.265 e. The monoisotopic (exact) mass is 318 g/mol. The maximum atomic E-state index is 12.2. The van der Waals surface area contributed by atoms with Crippen LogP contribution in [0.5, 0.6) is 5.75 Å². The molecule has 0 fully saturated rings. The van der Waals surface area contributed by atoms with Crippen LogP contribution >= 0.6 is 11.6 Å². The first-order valence-electron chi connectivity index (χ1n) is 6.76. The number of benzene rings is 1. The molecular weight excluding hydrogens is 304 g/mol. The van der Waals surface area contributed by atoms with E-state index >= 15 is 0 Å². The van der Waals surface area contributed by atoms with Crippen molar-refractivity contribution in [2.24, 2.45) is 5.73 Å². The molecule has 2 aromatic heterocycles. The Morgan fingerprint density at radius 2 is 2.18 bits per heavy atom. The zero-order chi connectivity index (χ0) is 16.0. The van der Waals surface area contributed by atoms with Gasteiger partial charge in [-0.05, 0) is 32.0 Å². The molecule has 0 radical (unpaired) electrons. The fourth-order valence-electron chi connectivity index (χ4n) is 2.39. The summed E-state index contributed by atoms with van der Waals surface area (Å²) >= 11 is 6.51. The first-order valence-corrected chi connectivity index (χ1v) is 7.14. The molecule has 0 aliphatic carbocycles.